The van der Waals surface area contributed by atoms with Crippen LogP contribution in [0.15, 0.2) is 35.4 Å². The summed E-state index contributed by atoms with van der Waals surface area (Å²) in [6.45, 7) is 4.04. The third-order valence-electron chi connectivity index (χ3n) is 4.47. The van der Waals surface area contributed by atoms with Gasteiger partial charge in [-0.3, -0.25) is 4.79 Å². The minimum Gasteiger partial charge on any atom is -0.325 e. The number of anilines is 1. The third kappa shape index (κ3) is 4.38. The van der Waals surface area contributed by atoms with Crippen molar-refractivity contribution in [3.05, 3.63) is 52.2 Å². The fourth-order valence-corrected chi connectivity index (χ4v) is 4.11. The van der Waals surface area contributed by atoms with Crippen molar-refractivity contribution in [1.82, 2.24) is 4.98 Å². The number of pyridine rings is 1. The summed E-state index contributed by atoms with van der Waals surface area (Å²) >= 11 is 7.27. The van der Waals surface area contributed by atoms with Gasteiger partial charge in [0.05, 0.1) is 10.8 Å². The van der Waals surface area contributed by atoms with Crippen LogP contribution in [0, 0.1) is 17.2 Å². The Labute approximate surface area is 163 Å². The molecule has 0 saturated heterocycles. The molecular formula is C20H20ClN3OS. The number of rotatable bonds is 4. The molecule has 3 rings (SSSR count). The molecule has 134 valence electrons. The van der Waals surface area contributed by atoms with Crippen molar-refractivity contribution in [3.63, 3.8) is 0 Å². The molecule has 2 atom stereocenters. The molecule has 0 radical (unpaired) electrons. The van der Waals surface area contributed by atoms with Crippen LogP contribution in [0.5, 0.6) is 0 Å². The Morgan fingerprint density at radius 3 is 3.00 bits per heavy atom. The van der Waals surface area contributed by atoms with Crippen LogP contribution in [-0.4, -0.2) is 16.1 Å². The van der Waals surface area contributed by atoms with Crippen LogP contribution in [0.3, 0.4) is 0 Å². The molecule has 4 nitrogen and oxygen atoms in total. The van der Waals surface area contributed by atoms with Gasteiger partial charge in [-0.15, -0.1) is 0 Å². The van der Waals surface area contributed by atoms with Crippen LogP contribution in [0.1, 0.15) is 37.1 Å². The Morgan fingerprint density at radius 2 is 2.27 bits per heavy atom. The topological polar surface area (TPSA) is 65.8 Å². The predicted octanol–water partition coefficient (Wildman–Crippen LogP) is 4.85. The Balaban J connectivity index is 1.75. The second-order valence-corrected chi connectivity index (χ2v) is 8.43. The van der Waals surface area contributed by atoms with E-state index in [9.17, 15) is 10.1 Å². The molecule has 1 heterocycles. The van der Waals surface area contributed by atoms with Crippen LogP contribution >= 0.6 is 23.4 Å². The Morgan fingerprint density at radius 1 is 1.46 bits per heavy atom. The van der Waals surface area contributed by atoms with Gasteiger partial charge < -0.3 is 5.32 Å². The van der Waals surface area contributed by atoms with Crippen molar-refractivity contribution in [2.45, 2.75) is 43.4 Å². The number of aryl methyl sites for hydroxylation is 1. The van der Waals surface area contributed by atoms with Crippen molar-refractivity contribution in [3.8, 4) is 6.07 Å². The first-order valence-electron chi connectivity index (χ1n) is 8.62. The number of carbonyl (C=O) groups excluding carboxylic acids is 1. The number of halogens is 1. The lowest BCUT2D eigenvalue weighted by molar-refractivity contribution is -0.115. The van der Waals surface area contributed by atoms with E-state index < -0.39 is 0 Å². The summed E-state index contributed by atoms with van der Waals surface area (Å²) in [5.41, 5.74) is 3.43. The maximum absolute atomic E-state index is 12.5. The number of nitrogens with one attached hydrogen (secondary N) is 1. The lowest BCUT2D eigenvalue weighted by Crippen LogP contribution is -2.23. The molecule has 2 unspecified atom stereocenters. The number of hydrogen-bond acceptors (Lipinski definition) is 4. The van der Waals surface area contributed by atoms with Gasteiger partial charge in [0.15, 0.2) is 0 Å². The van der Waals surface area contributed by atoms with E-state index in [2.05, 4.69) is 18.3 Å². The number of benzene rings is 1. The van der Waals surface area contributed by atoms with Crippen molar-refractivity contribution >= 4 is 35.0 Å². The molecule has 0 bridgehead atoms. The molecular weight excluding hydrogens is 366 g/mol. The molecule has 1 aromatic carbocycles. The summed E-state index contributed by atoms with van der Waals surface area (Å²) in [7, 11) is 0. The summed E-state index contributed by atoms with van der Waals surface area (Å²) < 4.78 is 0. The molecule has 1 aromatic heterocycles. The van der Waals surface area contributed by atoms with Crippen LogP contribution in [-0.2, 0) is 17.6 Å². The van der Waals surface area contributed by atoms with Gasteiger partial charge in [0.2, 0.25) is 5.91 Å². The number of amides is 1. The molecule has 1 amide bonds. The quantitative estimate of drug-likeness (QED) is 0.764. The van der Waals surface area contributed by atoms with E-state index in [1.54, 1.807) is 24.3 Å². The molecule has 26 heavy (non-hydrogen) atoms. The van der Waals surface area contributed by atoms with Crippen molar-refractivity contribution in [2.75, 3.05) is 5.32 Å². The highest BCUT2D eigenvalue weighted by Crippen LogP contribution is 2.31. The Hall–Kier alpha value is -2.03. The number of nitriles is 1. The first-order chi connectivity index (χ1) is 12.5. The third-order valence-corrected chi connectivity index (χ3v) is 5.81. The SMILES string of the molecule is CC1CCc2nc(SC(C)C(=O)Nc3cccc(Cl)c3)c(C#N)cc2C1. The number of fused-ring (bicyclic) bond motifs is 1. The fraction of sp³-hybridized carbons (Fsp3) is 0.350. The average Bonchev–Trinajstić information content (AvgIpc) is 2.61. The summed E-state index contributed by atoms with van der Waals surface area (Å²) in [6, 6.07) is 11.2. The van der Waals surface area contributed by atoms with Gasteiger partial charge in [0, 0.05) is 16.4 Å². The van der Waals surface area contributed by atoms with Gasteiger partial charge in [-0.2, -0.15) is 5.26 Å². The number of hydrogen-bond donors (Lipinski definition) is 1. The Bertz CT molecular complexity index is 878. The lowest BCUT2D eigenvalue weighted by atomic mass is 9.87. The second-order valence-electron chi connectivity index (χ2n) is 6.67. The average molecular weight is 386 g/mol. The van der Waals surface area contributed by atoms with E-state index in [0.29, 0.717) is 27.2 Å². The van der Waals surface area contributed by atoms with Crippen LogP contribution in [0.25, 0.3) is 0 Å². The molecule has 1 aliphatic rings. The lowest BCUT2D eigenvalue weighted by Gasteiger charge is -2.22. The highest BCUT2D eigenvalue weighted by atomic mass is 35.5. The first-order valence-corrected chi connectivity index (χ1v) is 9.88. The maximum atomic E-state index is 12.5. The predicted molar refractivity (Wildman–Crippen MR) is 106 cm³/mol. The molecule has 1 N–H and O–H groups in total. The van der Waals surface area contributed by atoms with E-state index in [4.69, 9.17) is 16.6 Å². The number of carbonyl (C=O) groups is 1. The molecule has 0 aliphatic heterocycles. The zero-order valence-corrected chi connectivity index (χ0v) is 16.3. The second kappa shape index (κ2) is 8.11. The maximum Gasteiger partial charge on any atom is 0.237 e. The number of nitrogens with zero attached hydrogens (tertiary/aromatic N) is 2. The summed E-state index contributed by atoms with van der Waals surface area (Å²) in [4.78, 5) is 17.2. The molecule has 6 heteroatoms. The minimum absolute atomic E-state index is 0.144. The van der Waals surface area contributed by atoms with Gasteiger partial charge in [0.1, 0.15) is 11.1 Å². The zero-order valence-electron chi connectivity index (χ0n) is 14.8. The highest BCUT2D eigenvalue weighted by molar-refractivity contribution is 8.00. The van der Waals surface area contributed by atoms with Gasteiger partial charge in [-0.1, -0.05) is 36.4 Å². The van der Waals surface area contributed by atoms with Gasteiger partial charge in [-0.25, -0.2) is 4.98 Å². The number of aromatic nitrogens is 1. The number of thioether (sulfide) groups is 1. The molecule has 1 aliphatic carbocycles. The van der Waals surface area contributed by atoms with E-state index >= 15 is 0 Å². The summed E-state index contributed by atoms with van der Waals surface area (Å²) in [5, 5.41) is 13.2. The smallest absolute Gasteiger partial charge is 0.237 e. The molecule has 0 spiro atoms. The normalized spacial score (nSPS) is 17.1. The van der Waals surface area contributed by atoms with Gasteiger partial charge in [-0.05, 0) is 61.9 Å². The van der Waals surface area contributed by atoms with E-state index in [1.807, 2.05) is 13.0 Å². The van der Waals surface area contributed by atoms with E-state index in [0.717, 1.165) is 25.0 Å². The van der Waals surface area contributed by atoms with Crippen molar-refractivity contribution < 1.29 is 4.79 Å². The molecule has 2 aromatic rings. The van der Waals surface area contributed by atoms with E-state index in [1.165, 1.54) is 17.3 Å². The van der Waals surface area contributed by atoms with Crippen LogP contribution in [0.4, 0.5) is 5.69 Å². The van der Waals surface area contributed by atoms with Crippen molar-refractivity contribution in [1.29, 1.82) is 5.26 Å². The molecule has 0 saturated carbocycles. The van der Waals surface area contributed by atoms with Crippen LogP contribution in [0.2, 0.25) is 5.02 Å². The largest absolute Gasteiger partial charge is 0.325 e. The monoisotopic (exact) mass is 385 g/mol. The standard InChI is InChI=1S/C20H20ClN3OS/c1-12-6-7-18-14(8-12)9-15(11-22)20(24-18)26-13(2)19(25)23-17-5-3-4-16(21)10-17/h3-5,9-10,12-13H,6-8H2,1-2H3,(H,23,25). The minimum atomic E-state index is -0.380. The van der Waals surface area contributed by atoms with Crippen molar-refractivity contribution in [2.24, 2.45) is 5.92 Å². The van der Waals surface area contributed by atoms with Crippen LogP contribution < -0.4 is 5.32 Å². The fourth-order valence-electron chi connectivity index (χ4n) is 3.03. The van der Waals surface area contributed by atoms with E-state index in [-0.39, 0.29) is 11.2 Å². The molecule has 0 fully saturated rings. The zero-order chi connectivity index (χ0) is 18.7. The van der Waals surface area contributed by atoms with Gasteiger partial charge in [0.25, 0.3) is 0 Å². The first kappa shape index (κ1) is 18.8. The summed E-state index contributed by atoms with van der Waals surface area (Å²) in [6.07, 6.45) is 3.01. The summed E-state index contributed by atoms with van der Waals surface area (Å²) in [5.74, 6) is 0.478. The highest BCUT2D eigenvalue weighted by Gasteiger charge is 2.22. The Kier molecular flexibility index (Phi) is 5.85. The van der Waals surface area contributed by atoms with Gasteiger partial charge >= 0.3 is 0 Å².